The summed E-state index contributed by atoms with van der Waals surface area (Å²) in [5, 5.41) is 3.52. The molecule has 112 valence electrons. The average molecular weight is 303 g/mol. The molecule has 0 saturated carbocycles. The molecule has 0 aliphatic carbocycles. The lowest BCUT2D eigenvalue weighted by Gasteiger charge is -2.31. The molecular formula is C16H22BNO2S. The number of fused-ring (bicyclic) bond motifs is 1. The number of hydrogen-bond donors (Lipinski definition) is 2. The number of rotatable bonds is 1. The molecule has 1 N–H and O–H groups in total. The van der Waals surface area contributed by atoms with E-state index in [0.717, 1.165) is 16.7 Å². The van der Waals surface area contributed by atoms with Gasteiger partial charge in [0.05, 0.1) is 11.1 Å². The van der Waals surface area contributed by atoms with Crippen LogP contribution in [0.3, 0.4) is 0 Å². The van der Waals surface area contributed by atoms with Crippen LogP contribution in [0.15, 0.2) is 24.3 Å². The van der Waals surface area contributed by atoms with Crippen LogP contribution in [0.4, 0.5) is 5.69 Å². The first-order valence-corrected chi connectivity index (χ1v) is 7.74. The van der Waals surface area contributed by atoms with Gasteiger partial charge in [-0.25, -0.2) is 0 Å². The van der Waals surface area contributed by atoms with Crippen molar-refractivity contribution in [1.82, 2.24) is 0 Å². The molecule has 3 rings (SSSR count). The molecule has 21 heavy (non-hydrogen) atoms. The van der Waals surface area contributed by atoms with Gasteiger partial charge in [0.2, 0.25) is 0 Å². The van der Waals surface area contributed by atoms with E-state index in [1.165, 1.54) is 0 Å². The van der Waals surface area contributed by atoms with Crippen LogP contribution < -0.4 is 10.8 Å². The third-order valence-corrected chi connectivity index (χ3v) is 5.02. The van der Waals surface area contributed by atoms with Crippen LogP contribution in [0.5, 0.6) is 0 Å². The number of thiol groups is 1. The number of nitrogens with one attached hydrogen (secondary N) is 1. The molecule has 3 nitrogen and oxygen atoms in total. The molecule has 0 bridgehead atoms. The number of benzene rings is 1. The van der Waals surface area contributed by atoms with E-state index in [9.17, 15) is 0 Å². The molecule has 1 unspecified atom stereocenters. The zero-order valence-corrected chi connectivity index (χ0v) is 14.1. The number of anilines is 1. The van der Waals surface area contributed by atoms with Crippen molar-refractivity contribution in [3.05, 3.63) is 29.8 Å². The maximum absolute atomic E-state index is 6.11. The van der Waals surface area contributed by atoms with Crippen LogP contribution in [0.1, 0.15) is 40.2 Å². The van der Waals surface area contributed by atoms with Crippen molar-refractivity contribution < 1.29 is 9.31 Å². The first-order valence-electron chi connectivity index (χ1n) is 7.30. The van der Waals surface area contributed by atoms with Gasteiger partial charge in [-0.2, -0.15) is 0 Å². The van der Waals surface area contributed by atoms with Crippen molar-refractivity contribution in [2.24, 2.45) is 0 Å². The Balaban J connectivity index is 2.00. The minimum Gasteiger partial charge on any atom is -0.398 e. The van der Waals surface area contributed by atoms with Gasteiger partial charge in [-0.15, -0.1) is 12.6 Å². The molecule has 2 aliphatic rings. The Morgan fingerprint density at radius 3 is 2.43 bits per heavy atom. The van der Waals surface area contributed by atoms with Gasteiger partial charge in [0.15, 0.2) is 0 Å². The summed E-state index contributed by atoms with van der Waals surface area (Å²) in [6.07, 6.45) is 4.31. The van der Waals surface area contributed by atoms with Crippen molar-refractivity contribution >= 4 is 37.0 Å². The van der Waals surface area contributed by atoms with Crippen molar-refractivity contribution in [3.63, 3.8) is 0 Å². The van der Waals surface area contributed by atoms with Gasteiger partial charge in [-0.05, 0) is 51.7 Å². The molecule has 5 heteroatoms. The Hall–Kier alpha value is -0.905. The Bertz CT molecular complexity index is 594. The summed E-state index contributed by atoms with van der Waals surface area (Å²) in [5.74, 6) is 0. The van der Waals surface area contributed by atoms with E-state index in [1.54, 1.807) is 0 Å². The SMILES string of the molecule is CC1(C)C=Cc2c(cccc2B2OC(C)(C)C(C)(S)O2)N1. The van der Waals surface area contributed by atoms with E-state index in [-0.39, 0.29) is 5.54 Å². The molecule has 1 aromatic carbocycles. The fourth-order valence-electron chi connectivity index (χ4n) is 2.64. The van der Waals surface area contributed by atoms with Gasteiger partial charge < -0.3 is 14.6 Å². The molecule has 1 aromatic rings. The van der Waals surface area contributed by atoms with Crippen molar-refractivity contribution in [3.8, 4) is 0 Å². The molecule has 2 heterocycles. The van der Waals surface area contributed by atoms with E-state index in [1.807, 2.05) is 26.8 Å². The smallest absolute Gasteiger partial charge is 0.398 e. The van der Waals surface area contributed by atoms with E-state index in [4.69, 9.17) is 9.31 Å². The predicted octanol–water partition coefficient (Wildman–Crippen LogP) is 3.07. The summed E-state index contributed by atoms with van der Waals surface area (Å²) in [7, 11) is -0.398. The van der Waals surface area contributed by atoms with E-state index >= 15 is 0 Å². The highest BCUT2D eigenvalue weighted by atomic mass is 32.1. The van der Waals surface area contributed by atoms with Crippen LogP contribution in [0, 0.1) is 0 Å². The fourth-order valence-corrected chi connectivity index (χ4v) is 2.79. The minimum atomic E-state index is -0.620. The molecular weight excluding hydrogens is 281 g/mol. The average Bonchev–Trinajstić information content (AvgIpc) is 2.56. The van der Waals surface area contributed by atoms with Gasteiger partial charge in [0.25, 0.3) is 0 Å². The van der Waals surface area contributed by atoms with E-state index in [0.29, 0.717) is 0 Å². The van der Waals surface area contributed by atoms with Crippen molar-refractivity contribution in [2.45, 2.75) is 50.7 Å². The summed E-state index contributed by atoms with van der Waals surface area (Å²) in [5.41, 5.74) is 2.79. The normalized spacial score (nSPS) is 29.1. The lowest BCUT2D eigenvalue weighted by atomic mass is 9.74. The Kier molecular flexibility index (Phi) is 3.25. The molecule has 1 saturated heterocycles. The van der Waals surface area contributed by atoms with Gasteiger partial charge in [-0.3, -0.25) is 0 Å². The topological polar surface area (TPSA) is 30.5 Å². The van der Waals surface area contributed by atoms with Crippen LogP contribution in [-0.4, -0.2) is 23.2 Å². The largest absolute Gasteiger partial charge is 0.496 e. The molecule has 1 atom stereocenters. The summed E-state index contributed by atoms with van der Waals surface area (Å²) in [6, 6.07) is 6.17. The lowest BCUT2D eigenvalue weighted by Crippen LogP contribution is -2.39. The van der Waals surface area contributed by atoms with Crippen LogP contribution in [-0.2, 0) is 9.31 Å². The summed E-state index contributed by atoms with van der Waals surface area (Å²) >= 11 is 4.61. The predicted molar refractivity (Wildman–Crippen MR) is 92.2 cm³/mol. The third kappa shape index (κ3) is 2.52. The minimum absolute atomic E-state index is 0.0413. The monoisotopic (exact) mass is 303 g/mol. The standard InChI is InChI=1S/C16H22BNO2S/c1-14(2)10-9-11-12(7-6-8-13(11)18-14)17-19-15(3,4)16(5,21)20-17/h6-10,18,21H,1-5H3. The Morgan fingerprint density at radius 1 is 1.10 bits per heavy atom. The highest BCUT2D eigenvalue weighted by Crippen LogP contribution is 2.40. The highest BCUT2D eigenvalue weighted by molar-refractivity contribution is 7.81. The van der Waals surface area contributed by atoms with Gasteiger partial charge in [-0.1, -0.05) is 24.3 Å². The van der Waals surface area contributed by atoms with Crippen LogP contribution in [0.2, 0.25) is 0 Å². The van der Waals surface area contributed by atoms with E-state index < -0.39 is 17.7 Å². The number of hydrogen-bond acceptors (Lipinski definition) is 4. The fraction of sp³-hybridized carbons (Fsp3) is 0.500. The zero-order chi connectivity index (χ0) is 15.5. The van der Waals surface area contributed by atoms with Crippen molar-refractivity contribution in [1.29, 1.82) is 0 Å². The first kappa shape index (κ1) is 15.0. The third-order valence-electron chi connectivity index (χ3n) is 4.37. The summed E-state index contributed by atoms with van der Waals surface area (Å²) < 4.78 is 12.2. The summed E-state index contributed by atoms with van der Waals surface area (Å²) in [4.78, 5) is -0.620. The van der Waals surface area contributed by atoms with Gasteiger partial charge >= 0.3 is 7.12 Å². The second-order valence-corrected chi connectivity index (χ2v) is 7.90. The molecule has 0 radical (unpaired) electrons. The zero-order valence-electron chi connectivity index (χ0n) is 13.2. The maximum Gasteiger partial charge on any atom is 0.496 e. The second-order valence-electron chi connectivity index (χ2n) is 7.05. The maximum atomic E-state index is 6.11. The summed E-state index contributed by atoms with van der Waals surface area (Å²) in [6.45, 7) is 10.3. The molecule has 2 aliphatic heterocycles. The Labute approximate surface area is 132 Å². The van der Waals surface area contributed by atoms with Gasteiger partial charge in [0.1, 0.15) is 4.93 Å². The highest BCUT2D eigenvalue weighted by Gasteiger charge is 2.53. The first-order chi connectivity index (χ1) is 9.61. The van der Waals surface area contributed by atoms with Crippen molar-refractivity contribution in [2.75, 3.05) is 5.32 Å². The molecule has 0 aromatic heterocycles. The van der Waals surface area contributed by atoms with Crippen LogP contribution >= 0.6 is 12.6 Å². The Morgan fingerprint density at radius 2 is 1.81 bits per heavy atom. The van der Waals surface area contributed by atoms with E-state index in [2.05, 4.69) is 56.1 Å². The van der Waals surface area contributed by atoms with Crippen LogP contribution in [0.25, 0.3) is 6.08 Å². The van der Waals surface area contributed by atoms with Gasteiger partial charge in [0, 0.05) is 5.69 Å². The molecule has 0 amide bonds. The lowest BCUT2D eigenvalue weighted by molar-refractivity contribution is 0.0619. The molecule has 0 spiro atoms. The second kappa shape index (κ2) is 4.54. The quantitative estimate of drug-likeness (QED) is 0.617. The molecule has 1 fully saturated rings.